The summed E-state index contributed by atoms with van der Waals surface area (Å²) in [5, 5.41) is 6.57. The van der Waals surface area contributed by atoms with Gasteiger partial charge in [-0.3, -0.25) is 9.59 Å². The number of nitrogens with zero attached hydrogens (tertiary/aromatic N) is 1. The summed E-state index contributed by atoms with van der Waals surface area (Å²) in [6.07, 6.45) is 2.12. The molecule has 0 radical (unpaired) electrons. The van der Waals surface area contributed by atoms with Crippen molar-refractivity contribution in [2.45, 2.75) is 46.1 Å². The van der Waals surface area contributed by atoms with E-state index in [-0.39, 0.29) is 29.7 Å². The van der Waals surface area contributed by atoms with Crippen LogP contribution in [0.15, 0.2) is 59.8 Å². The van der Waals surface area contributed by atoms with Gasteiger partial charge in [0.25, 0.3) is 0 Å². The summed E-state index contributed by atoms with van der Waals surface area (Å²) in [7, 11) is 1.64. The summed E-state index contributed by atoms with van der Waals surface area (Å²) in [5.41, 5.74) is 4.34. The fourth-order valence-corrected chi connectivity index (χ4v) is 4.84. The number of para-hydroxylation sites is 2. The molecule has 0 saturated carbocycles. The molecule has 6 nitrogen and oxygen atoms in total. The Morgan fingerprint density at radius 3 is 2.58 bits per heavy atom. The molecule has 0 bridgehead atoms. The zero-order valence-corrected chi connectivity index (χ0v) is 19.9. The molecule has 33 heavy (non-hydrogen) atoms. The maximum Gasteiger partial charge on any atom is 0.239 e. The van der Waals surface area contributed by atoms with E-state index in [0.717, 1.165) is 46.8 Å². The minimum absolute atomic E-state index is 0.0576. The Labute approximate surface area is 196 Å². The standard InChI is InChI=1S/C27H33N3O3/c1-5-14-28-24(32)17-30-22-9-7-6-8-20(22)29-21-15-27(2,3)16-23(31)25(21)26(30)18-10-12-19(33-4)13-11-18/h6-13,26,29H,5,14-17H2,1-4H3,(H,28,32)/t26-/m0/s1. The second-order valence-corrected chi connectivity index (χ2v) is 9.63. The second kappa shape index (κ2) is 9.30. The van der Waals surface area contributed by atoms with Crippen LogP contribution in [0.5, 0.6) is 5.75 Å². The van der Waals surface area contributed by atoms with Crippen molar-refractivity contribution in [3.63, 3.8) is 0 Å². The number of ether oxygens (including phenoxy) is 1. The number of carbonyl (C=O) groups excluding carboxylic acids is 2. The summed E-state index contributed by atoms with van der Waals surface area (Å²) >= 11 is 0. The third kappa shape index (κ3) is 4.75. The lowest BCUT2D eigenvalue weighted by Crippen LogP contribution is -2.42. The molecule has 2 aliphatic rings. The number of allylic oxidation sites excluding steroid dienone is 1. The number of rotatable bonds is 6. The van der Waals surface area contributed by atoms with Crippen LogP contribution < -0.4 is 20.3 Å². The van der Waals surface area contributed by atoms with Crippen LogP contribution in [0.25, 0.3) is 0 Å². The third-order valence-corrected chi connectivity index (χ3v) is 6.32. The Bertz CT molecular complexity index is 1070. The van der Waals surface area contributed by atoms with Gasteiger partial charge >= 0.3 is 0 Å². The Balaban J connectivity index is 1.89. The van der Waals surface area contributed by atoms with Crippen molar-refractivity contribution >= 4 is 23.1 Å². The highest BCUT2D eigenvalue weighted by atomic mass is 16.5. The van der Waals surface area contributed by atoms with Gasteiger partial charge in [-0.15, -0.1) is 0 Å². The van der Waals surface area contributed by atoms with Crippen molar-refractivity contribution in [3.8, 4) is 5.75 Å². The molecule has 174 valence electrons. The topological polar surface area (TPSA) is 70.7 Å². The van der Waals surface area contributed by atoms with Gasteiger partial charge in [0.05, 0.1) is 31.1 Å². The molecule has 0 unspecified atom stereocenters. The highest BCUT2D eigenvalue weighted by Gasteiger charge is 2.41. The predicted molar refractivity (Wildman–Crippen MR) is 131 cm³/mol. The summed E-state index contributed by atoms with van der Waals surface area (Å²) in [6, 6.07) is 15.4. The number of methoxy groups -OCH3 is 1. The molecule has 2 aromatic carbocycles. The van der Waals surface area contributed by atoms with Gasteiger partial charge in [-0.2, -0.15) is 0 Å². The van der Waals surface area contributed by atoms with Crippen molar-refractivity contribution in [3.05, 3.63) is 65.4 Å². The molecule has 0 aromatic heterocycles. The average Bonchev–Trinajstić information content (AvgIpc) is 2.91. The fourth-order valence-electron chi connectivity index (χ4n) is 4.84. The quantitative estimate of drug-likeness (QED) is 0.663. The number of Topliss-reactive ketones (excluding diaryl/α,β-unsaturated/α-hetero) is 1. The summed E-state index contributed by atoms with van der Waals surface area (Å²) in [5.74, 6) is 0.822. The first-order valence-corrected chi connectivity index (χ1v) is 11.6. The number of fused-ring (bicyclic) bond motifs is 1. The monoisotopic (exact) mass is 447 g/mol. The van der Waals surface area contributed by atoms with Crippen molar-refractivity contribution in [2.75, 3.05) is 30.4 Å². The molecule has 1 amide bonds. The number of hydrogen-bond acceptors (Lipinski definition) is 5. The van der Waals surface area contributed by atoms with E-state index < -0.39 is 0 Å². The fraction of sp³-hybridized carbons (Fsp3) is 0.407. The zero-order chi connectivity index (χ0) is 23.6. The minimum atomic E-state index is -0.377. The van der Waals surface area contributed by atoms with E-state index in [0.29, 0.717) is 13.0 Å². The number of ketones is 1. The van der Waals surface area contributed by atoms with Gasteiger partial charge in [-0.05, 0) is 48.1 Å². The van der Waals surface area contributed by atoms with Gasteiger partial charge in [0.2, 0.25) is 5.91 Å². The molecule has 0 spiro atoms. The van der Waals surface area contributed by atoms with Crippen LogP contribution in [0.3, 0.4) is 0 Å². The van der Waals surface area contributed by atoms with E-state index in [2.05, 4.69) is 29.4 Å². The number of anilines is 2. The lowest BCUT2D eigenvalue weighted by molar-refractivity contribution is -0.120. The molecule has 1 aliphatic heterocycles. The highest BCUT2D eigenvalue weighted by Crippen LogP contribution is 2.48. The van der Waals surface area contributed by atoms with Crippen molar-refractivity contribution in [1.82, 2.24) is 5.32 Å². The van der Waals surface area contributed by atoms with Crippen LogP contribution in [0.2, 0.25) is 0 Å². The maximum absolute atomic E-state index is 13.6. The first-order chi connectivity index (χ1) is 15.8. The molecule has 2 aromatic rings. The summed E-state index contributed by atoms with van der Waals surface area (Å²) in [4.78, 5) is 28.6. The molecular weight excluding hydrogens is 414 g/mol. The molecule has 1 aliphatic carbocycles. The lowest BCUT2D eigenvalue weighted by Gasteiger charge is -2.38. The maximum atomic E-state index is 13.6. The van der Waals surface area contributed by atoms with E-state index in [9.17, 15) is 9.59 Å². The Hall–Kier alpha value is -3.28. The third-order valence-electron chi connectivity index (χ3n) is 6.32. The number of carbonyl (C=O) groups is 2. The molecule has 2 N–H and O–H groups in total. The van der Waals surface area contributed by atoms with Crippen LogP contribution >= 0.6 is 0 Å². The van der Waals surface area contributed by atoms with Crippen LogP contribution in [-0.2, 0) is 9.59 Å². The van der Waals surface area contributed by atoms with Gasteiger partial charge in [-0.25, -0.2) is 0 Å². The zero-order valence-electron chi connectivity index (χ0n) is 19.9. The molecule has 1 atom stereocenters. The smallest absolute Gasteiger partial charge is 0.239 e. The van der Waals surface area contributed by atoms with Crippen LogP contribution in [0, 0.1) is 5.41 Å². The lowest BCUT2D eigenvalue weighted by atomic mass is 9.73. The summed E-state index contributed by atoms with van der Waals surface area (Å²) < 4.78 is 5.36. The van der Waals surface area contributed by atoms with E-state index in [1.165, 1.54) is 0 Å². The number of benzene rings is 2. The first-order valence-electron chi connectivity index (χ1n) is 11.6. The SMILES string of the molecule is CCCNC(=O)CN1c2ccccc2NC2=C(C(=O)CC(C)(C)C2)[C@@H]1c1ccc(OC)cc1. The van der Waals surface area contributed by atoms with E-state index in [4.69, 9.17) is 4.74 Å². The van der Waals surface area contributed by atoms with Crippen molar-refractivity contribution < 1.29 is 14.3 Å². The number of hydrogen-bond donors (Lipinski definition) is 2. The van der Waals surface area contributed by atoms with Crippen LogP contribution in [-0.4, -0.2) is 31.9 Å². The van der Waals surface area contributed by atoms with Gasteiger partial charge in [0, 0.05) is 24.2 Å². The van der Waals surface area contributed by atoms with Crippen molar-refractivity contribution in [1.29, 1.82) is 0 Å². The largest absolute Gasteiger partial charge is 0.497 e. The Kier molecular flexibility index (Phi) is 6.45. The van der Waals surface area contributed by atoms with Crippen LogP contribution in [0.1, 0.15) is 51.6 Å². The van der Waals surface area contributed by atoms with Gasteiger partial charge in [0.1, 0.15) is 5.75 Å². The molecule has 1 heterocycles. The molecule has 6 heteroatoms. The first kappa shape index (κ1) is 22.9. The van der Waals surface area contributed by atoms with Gasteiger partial charge in [0.15, 0.2) is 5.78 Å². The Morgan fingerprint density at radius 2 is 1.88 bits per heavy atom. The second-order valence-electron chi connectivity index (χ2n) is 9.63. The Morgan fingerprint density at radius 1 is 1.15 bits per heavy atom. The van der Waals surface area contributed by atoms with Gasteiger partial charge < -0.3 is 20.3 Å². The number of amides is 1. The molecule has 0 fully saturated rings. The normalized spacial score (nSPS) is 19.2. The van der Waals surface area contributed by atoms with Gasteiger partial charge in [-0.1, -0.05) is 45.0 Å². The average molecular weight is 448 g/mol. The molecule has 0 saturated heterocycles. The predicted octanol–water partition coefficient (Wildman–Crippen LogP) is 4.84. The van der Waals surface area contributed by atoms with Crippen LogP contribution in [0.4, 0.5) is 11.4 Å². The molecular formula is C27H33N3O3. The van der Waals surface area contributed by atoms with E-state index >= 15 is 0 Å². The van der Waals surface area contributed by atoms with E-state index in [1.54, 1.807) is 7.11 Å². The van der Waals surface area contributed by atoms with E-state index in [1.807, 2.05) is 55.5 Å². The minimum Gasteiger partial charge on any atom is -0.497 e. The highest BCUT2D eigenvalue weighted by molar-refractivity contribution is 6.01. The van der Waals surface area contributed by atoms with Crippen molar-refractivity contribution in [2.24, 2.45) is 5.41 Å². The number of nitrogens with one attached hydrogen (secondary N) is 2. The summed E-state index contributed by atoms with van der Waals surface area (Å²) in [6.45, 7) is 7.08. The molecule has 4 rings (SSSR count).